The normalized spacial score (nSPS) is 23.0. The molecule has 2 aliphatic heterocycles. The first-order valence-electron chi connectivity index (χ1n) is 7.54. The van der Waals surface area contributed by atoms with Crippen molar-refractivity contribution >= 4 is 15.9 Å². The number of nitrogens with zero attached hydrogens (tertiary/aromatic N) is 1. The molecule has 5 nitrogen and oxygen atoms in total. The highest BCUT2D eigenvalue weighted by molar-refractivity contribution is 7.91. The molecule has 1 atom stereocenters. The Morgan fingerprint density at radius 1 is 1.32 bits per heavy atom. The van der Waals surface area contributed by atoms with Gasteiger partial charge in [0.15, 0.2) is 9.84 Å². The lowest BCUT2D eigenvalue weighted by Crippen LogP contribution is -2.40. The van der Waals surface area contributed by atoms with E-state index in [0.29, 0.717) is 26.1 Å². The maximum absolute atomic E-state index is 11.7. The molecule has 0 spiro atoms. The number of rotatable bonds is 5. The quantitative estimate of drug-likeness (QED) is 0.874. The number of aliphatic hydroxyl groups excluding tert-OH is 1. The molecule has 2 aliphatic rings. The van der Waals surface area contributed by atoms with Crippen molar-refractivity contribution < 1.29 is 18.3 Å². The van der Waals surface area contributed by atoms with Gasteiger partial charge < -0.3 is 9.84 Å². The van der Waals surface area contributed by atoms with E-state index in [-0.39, 0.29) is 24.2 Å². The Morgan fingerprint density at radius 2 is 2.14 bits per heavy atom. The molecule has 3 rings (SSSR count). The van der Waals surface area contributed by atoms with Crippen LogP contribution in [0.15, 0.2) is 29.8 Å². The SMILES string of the molecule is O=S1(=O)CC[C@H](N(CCO)CC2=Cc3ccccc3OC2)C1. The van der Waals surface area contributed by atoms with Gasteiger partial charge in [-0.2, -0.15) is 0 Å². The zero-order chi connectivity index (χ0) is 15.6. The summed E-state index contributed by atoms with van der Waals surface area (Å²) in [6.07, 6.45) is 2.75. The van der Waals surface area contributed by atoms with Gasteiger partial charge in [0.2, 0.25) is 0 Å². The molecule has 1 fully saturated rings. The van der Waals surface area contributed by atoms with E-state index in [2.05, 4.69) is 11.0 Å². The fraction of sp³-hybridized carbons (Fsp3) is 0.500. The highest BCUT2D eigenvalue weighted by Gasteiger charge is 2.32. The Morgan fingerprint density at radius 3 is 2.86 bits per heavy atom. The molecule has 2 heterocycles. The molecule has 120 valence electrons. The Balaban J connectivity index is 1.73. The van der Waals surface area contributed by atoms with Gasteiger partial charge in [-0.1, -0.05) is 18.2 Å². The average Bonchev–Trinajstić information content (AvgIpc) is 2.87. The van der Waals surface area contributed by atoms with Crippen molar-refractivity contribution in [3.8, 4) is 5.75 Å². The lowest BCUT2D eigenvalue weighted by atomic mass is 10.1. The first-order chi connectivity index (χ1) is 10.6. The molecule has 0 aliphatic carbocycles. The number of benzene rings is 1. The lowest BCUT2D eigenvalue weighted by Gasteiger charge is -2.29. The highest BCUT2D eigenvalue weighted by Crippen LogP contribution is 2.27. The van der Waals surface area contributed by atoms with Gasteiger partial charge in [0.25, 0.3) is 0 Å². The Kier molecular flexibility index (Phi) is 4.52. The number of sulfone groups is 1. The summed E-state index contributed by atoms with van der Waals surface area (Å²) in [5, 5.41) is 9.27. The summed E-state index contributed by atoms with van der Waals surface area (Å²) in [4.78, 5) is 2.06. The first kappa shape index (κ1) is 15.5. The third kappa shape index (κ3) is 3.51. The maximum Gasteiger partial charge on any atom is 0.151 e. The molecule has 0 amide bonds. The topological polar surface area (TPSA) is 66.8 Å². The number of hydrogen-bond acceptors (Lipinski definition) is 5. The number of hydrogen-bond donors (Lipinski definition) is 1. The predicted molar refractivity (Wildman–Crippen MR) is 85.6 cm³/mol. The molecule has 1 saturated heterocycles. The third-order valence-corrected chi connectivity index (χ3v) is 5.96. The molecule has 0 saturated carbocycles. The first-order valence-corrected chi connectivity index (χ1v) is 9.36. The van der Waals surface area contributed by atoms with E-state index in [9.17, 15) is 13.5 Å². The minimum Gasteiger partial charge on any atom is -0.489 e. The summed E-state index contributed by atoms with van der Waals surface area (Å²) in [6.45, 7) is 1.66. The van der Waals surface area contributed by atoms with Gasteiger partial charge in [-0.25, -0.2) is 8.42 Å². The van der Waals surface area contributed by atoms with Gasteiger partial charge >= 0.3 is 0 Å². The van der Waals surface area contributed by atoms with Crippen LogP contribution in [0.3, 0.4) is 0 Å². The van der Waals surface area contributed by atoms with E-state index >= 15 is 0 Å². The largest absolute Gasteiger partial charge is 0.489 e. The van der Waals surface area contributed by atoms with Gasteiger partial charge in [0.1, 0.15) is 12.4 Å². The second-order valence-corrected chi connectivity index (χ2v) is 8.11. The van der Waals surface area contributed by atoms with Gasteiger partial charge in [-0.05, 0) is 24.1 Å². The molecule has 1 aromatic carbocycles. The van der Waals surface area contributed by atoms with E-state index in [0.717, 1.165) is 16.9 Å². The maximum atomic E-state index is 11.7. The highest BCUT2D eigenvalue weighted by atomic mass is 32.2. The van der Waals surface area contributed by atoms with Crippen LogP contribution < -0.4 is 4.74 Å². The Hall–Kier alpha value is -1.37. The number of fused-ring (bicyclic) bond motifs is 1. The molecule has 22 heavy (non-hydrogen) atoms. The fourth-order valence-corrected chi connectivity index (χ4v) is 4.86. The monoisotopic (exact) mass is 323 g/mol. The minimum atomic E-state index is -2.92. The van der Waals surface area contributed by atoms with E-state index in [1.165, 1.54) is 0 Å². The van der Waals surface area contributed by atoms with Crippen molar-refractivity contribution in [2.24, 2.45) is 0 Å². The summed E-state index contributed by atoms with van der Waals surface area (Å²) >= 11 is 0. The van der Waals surface area contributed by atoms with Crippen molar-refractivity contribution in [3.05, 3.63) is 35.4 Å². The van der Waals surface area contributed by atoms with Crippen LogP contribution in [0.2, 0.25) is 0 Å². The molecule has 0 unspecified atom stereocenters. The molecule has 6 heteroatoms. The molecule has 1 N–H and O–H groups in total. The van der Waals surface area contributed by atoms with Gasteiger partial charge in [0, 0.05) is 24.7 Å². The summed E-state index contributed by atoms with van der Waals surface area (Å²) in [7, 11) is -2.92. The van der Waals surface area contributed by atoms with Crippen LogP contribution >= 0.6 is 0 Å². The van der Waals surface area contributed by atoms with Crippen molar-refractivity contribution in [1.29, 1.82) is 0 Å². The number of para-hydroxylation sites is 1. The van der Waals surface area contributed by atoms with Crippen LogP contribution in [0.4, 0.5) is 0 Å². The fourth-order valence-electron chi connectivity index (χ4n) is 3.10. The minimum absolute atomic E-state index is 0.00443. The summed E-state index contributed by atoms with van der Waals surface area (Å²) < 4.78 is 29.1. The summed E-state index contributed by atoms with van der Waals surface area (Å²) in [5.74, 6) is 1.32. The van der Waals surface area contributed by atoms with Crippen molar-refractivity contribution in [3.63, 3.8) is 0 Å². The molecular weight excluding hydrogens is 302 g/mol. The van der Waals surface area contributed by atoms with Crippen LogP contribution in [0.1, 0.15) is 12.0 Å². The molecule has 0 radical (unpaired) electrons. The second kappa shape index (κ2) is 6.40. The van der Waals surface area contributed by atoms with Crippen molar-refractivity contribution in [1.82, 2.24) is 4.90 Å². The number of aliphatic hydroxyl groups is 1. The van der Waals surface area contributed by atoms with Gasteiger partial charge in [-0.15, -0.1) is 0 Å². The van der Waals surface area contributed by atoms with Crippen LogP contribution in [-0.2, 0) is 9.84 Å². The zero-order valence-electron chi connectivity index (χ0n) is 12.4. The molecule has 0 aromatic heterocycles. The lowest BCUT2D eigenvalue weighted by molar-refractivity contribution is 0.167. The zero-order valence-corrected chi connectivity index (χ0v) is 13.3. The van der Waals surface area contributed by atoms with E-state index in [4.69, 9.17) is 4.74 Å². The van der Waals surface area contributed by atoms with Crippen LogP contribution in [0.5, 0.6) is 5.75 Å². The van der Waals surface area contributed by atoms with Gasteiger partial charge in [0.05, 0.1) is 18.1 Å². The van der Waals surface area contributed by atoms with Crippen LogP contribution in [0.25, 0.3) is 6.08 Å². The molecular formula is C16H21NO4S. The Bertz CT molecular complexity index is 668. The molecule has 0 bridgehead atoms. The average molecular weight is 323 g/mol. The standard InChI is InChI=1S/C16H21NO4S/c18-7-6-17(15-5-8-22(19,20)12-15)10-13-9-14-3-1-2-4-16(14)21-11-13/h1-4,9,15,18H,5-8,10-12H2/t15-/m0/s1. The number of ether oxygens (including phenoxy) is 1. The van der Waals surface area contributed by atoms with E-state index in [1.54, 1.807) is 0 Å². The smallest absolute Gasteiger partial charge is 0.151 e. The van der Waals surface area contributed by atoms with E-state index in [1.807, 2.05) is 24.3 Å². The van der Waals surface area contributed by atoms with Gasteiger partial charge in [-0.3, -0.25) is 4.90 Å². The third-order valence-electron chi connectivity index (χ3n) is 4.21. The molecule has 1 aromatic rings. The predicted octanol–water partition coefficient (Wildman–Crippen LogP) is 0.944. The summed E-state index contributed by atoms with van der Waals surface area (Å²) in [6, 6.07) is 7.86. The Labute approximate surface area is 131 Å². The van der Waals surface area contributed by atoms with Crippen LogP contribution in [-0.4, -0.2) is 62.3 Å². The van der Waals surface area contributed by atoms with Crippen molar-refractivity contribution in [2.75, 3.05) is 37.8 Å². The van der Waals surface area contributed by atoms with Crippen LogP contribution in [0, 0.1) is 0 Å². The summed E-state index contributed by atoms with van der Waals surface area (Å²) in [5.41, 5.74) is 2.16. The van der Waals surface area contributed by atoms with Crippen molar-refractivity contribution in [2.45, 2.75) is 12.5 Å². The van der Waals surface area contributed by atoms with E-state index < -0.39 is 9.84 Å². The second-order valence-electron chi connectivity index (χ2n) is 5.88.